The standard InChI is InChI=1S/C25H24ClF5N2O6/c1-25(2,3)39-24(36)32-11-14(33(23(26)35)37-12-13-7-5-4-6-8-13)9-10-15(32)22(34)38-21-19(30)17(28)16(27)18(29)20(21)31/h4-8,14-15H,9-12H2,1-3H3/t14-,15+/m1/s1. The molecule has 1 aliphatic heterocycles. The average molecular weight is 579 g/mol. The minimum atomic E-state index is -2.43. The number of ether oxygens (including phenoxy) is 2. The van der Waals surface area contributed by atoms with E-state index >= 15 is 0 Å². The maximum atomic E-state index is 14.1. The van der Waals surface area contributed by atoms with Gasteiger partial charge >= 0.3 is 17.4 Å². The second kappa shape index (κ2) is 12.2. The maximum absolute atomic E-state index is 14.1. The van der Waals surface area contributed by atoms with E-state index in [-0.39, 0.29) is 19.4 Å². The first-order chi connectivity index (χ1) is 18.2. The summed E-state index contributed by atoms with van der Waals surface area (Å²) < 4.78 is 78.7. The zero-order chi connectivity index (χ0) is 29.1. The van der Waals surface area contributed by atoms with Crippen LogP contribution in [0, 0.1) is 29.1 Å². The molecule has 2 atom stereocenters. The zero-order valence-electron chi connectivity index (χ0n) is 21.0. The van der Waals surface area contributed by atoms with Crippen LogP contribution in [0.1, 0.15) is 39.2 Å². The molecule has 2 amide bonds. The summed E-state index contributed by atoms with van der Waals surface area (Å²) >= 11 is 5.71. The minimum absolute atomic E-state index is 0.0244. The van der Waals surface area contributed by atoms with Crippen LogP contribution in [0.2, 0.25) is 0 Å². The fraction of sp³-hybridized carbons (Fsp3) is 0.400. The molecule has 39 heavy (non-hydrogen) atoms. The molecule has 0 unspecified atom stereocenters. The van der Waals surface area contributed by atoms with Crippen LogP contribution in [0.25, 0.3) is 0 Å². The molecule has 0 aliphatic carbocycles. The van der Waals surface area contributed by atoms with Crippen LogP contribution >= 0.6 is 11.6 Å². The van der Waals surface area contributed by atoms with Gasteiger partial charge in [0, 0.05) is 6.54 Å². The Morgan fingerprint density at radius 2 is 1.51 bits per heavy atom. The predicted molar refractivity (Wildman–Crippen MR) is 126 cm³/mol. The summed E-state index contributed by atoms with van der Waals surface area (Å²) in [7, 11) is 0. The Morgan fingerprint density at radius 3 is 2.05 bits per heavy atom. The van der Waals surface area contributed by atoms with Gasteiger partial charge in [-0.2, -0.15) is 8.78 Å². The number of carbonyl (C=O) groups excluding carboxylic acids is 3. The highest BCUT2D eigenvalue weighted by Crippen LogP contribution is 2.31. The van der Waals surface area contributed by atoms with Crippen molar-refractivity contribution in [3.8, 4) is 5.75 Å². The molecule has 0 spiro atoms. The SMILES string of the molecule is CC(C)(C)OC(=O)N1C[C@H](N(OCc2ccccc2)C(=O)Cl)CC[C@H]1C(=O)Oc1c(F)c(F)c(F)c(F)c1F. The molecule has 1 heterocycles. The normalized spacial score (nSPS) is 17.5. The lowest BCUT2D eigenvalue weighted by molar-refractivity contribution is -0.165. The van der Waals surface area contributed by atoms with Crippen LogP contribution in [0.15, 0.2) is 30.3 Å². The van der Waals surface area contributed by atoms with Crippen molar-refractivity contribution in [1.82, 2.24) is 9.96 Å². The molecule has 2 aromatic rings. The molecule has 8 nitrogen and oxygen atoms in total. The number of likely N-dealkylation sites (tertiary alicyclic amines) is 1. The van der Waals surface area contributed by atoms with Gasteiger partial charge in [0.15, 0.2) is 0 Å². The van der Waals surface area contributed by atoms with Crippen molar-refractivity contribution in [1.29, 1.82) is 0 Å². The molecule has 3 rings (SSSR count). The Hall–Kier alpha value is -3.45. The quantitative estimate of drug-likeness (QED) is 0.0625. The smallest absolute Gasteiger partial charge is 0.411 e. The van der Waals surface area contributed by atoms with Crippen LogP contribution in [0.4, 0.5) is 31.5 Å². The van der Waals surface area contributed by atoms with E-state index in [9.17, 15) is 36.3 Å². The third-order valence-corrected chi connectivity index (χ3v) is 5.71. The lowest BCUT2D eigenvalue weighted by Crippen LogP contribution is -2.58. The highest BCUT2D eigenvalue weighted by Gasteiger charge is 2.43. The molecule has 2 aromatic carbocycles. The van der Waals surface area contributed by atoms with E-state index in [1.54, 1.807) is 30.3 Å². The van der Waals surface area contributed by atoms with Gasteiger partial charge in [0.1, 0.15) is 18.2 Å². The van der Waals surface area contributed by atoms with E-state index in [1.807, 2.05) is 0 Å². The summed E-state index contributed by atoms with van der Waals surface area (Å²) in [4.78, 5) is 44.4. The Bertz CT molecular complexity index is 1210. The number of rotatable bonds is 6. The number of amides is 2. The van der Waals surface area contributed by atoms with Crippen LogP contribution in [-0.2, 0) is 21.0 Å². The first-order valence-electron chi connectivity index (χ1n) is 11.6. The summed E-state index contributed by atoms with van der Waals surface area (Å²) in [6.45, 7) is 4.14. The van der Waals surface area contributed by atoms with Crippen molar-refractivity contribution < 1.29 is 50.6 Å². The third kappa shape index (κ3) is 7.15. The maximum Gasteiger partial charge on any atom is 0.411 e. The van der Waals surface area contributed by atoms with Crippen molar-refractivity contribution in [3.63, 3.8) is 0 Å². The molecule has 1 aliphatic rings. The summed E-state index contributed by atoms with van der Waals surface area (Å²) in [5.41, 5.74) is -0.351. The van der Waals surface area contributed by atoms with Gasteiger partial charge in [-0.3, -0.25) is 14.5 Å². The van der Waals surface area contributed by atoms with Gasteiger partial charge in [0.2, 0.25) is 34.8 Å². The van der Waals surface area contributed by atoms with E-state index in [1.165, 1.54) is 20.8 Å². The number of hydrogen-bond acceptors (Lipinski definition) is 6. The molecule has 212 valence electrons. The van der Waals surface area contributed by atoms with E-state index in [2.05, 4.69) is 4.74 Å². The van der Waals surface area contributed by atoms with Gasteiger partial charge in [-0.05, 0) is 50.8 Å². The highest BCUT2D eigenvalue weighted by atomic mass is 35.5. The Morgan fingerprint density at radius 1 is 0.949 bits per heavy atom. The summed E-state index contributed by atoms with van der Waals surface area (Å²) in [6, 6.07) is 6.26. The fourth-order valence-electron chi connectivity index (χ4n) is 3.77. The molecular formula is C25H24ClF5N2O6. The molecule has 1 fully saturated rings. The summed E-state index contributed by atoms with van der Waals surface area (Å²) in [5, 5.41) is -0.208. The van der Waals surface area contributed by atoms with E-state index in [0.29, 0.717) is 5.56 Å². The Balaban J connectivity index is 1.86. The largest absolute Gasteiger partial charge is 0.444 e. The number of piperidine rings is 1. The van der Waals surface area contributed by atoms with Gasteiger partial charge in [-0.1, -0.05) is 30.3 Å². The zero-order valence-corrected chi connectivity index (χ0v) is 21.7. The van der Waals surface area contributed by atoms with E-state index < -0.39 is 76.5 Å². The average Bonchev–Trinajstić information content (AvgIpc) is 2.88. The van der Waals surface area contributed by atoms with Crippen LogP contribution in [0.5, 0.6) is 5.75 Å². The molecule has 0 bridgehead atoms. The highest BCUT2D eigenvalue weighted by molar-refractivity contribution is 6.62. The Labute approximate surface area is 225 Å². The number of carbonyl (C=O) groups is 3. The number of halogens is 6. The Kier molecular flexibility index (Phi) is 9.38. The van der Waals surface area contributed by atoms with Crippen LogP contribution in [0.3, 0.4) is 0 Å². The lowest BCUT2D eigenvalue weighted by atomic mass is 9.98. The molecular weight excluding hydrogens is 555 g/mol. The van der Waals surface area contributed by atoms with Crippen molar-refractivity contribution in [2.75, 3.05) is 6.54 Å². The monoisotopic (exact) mass is 578 g/mol. The lowest BCUT2D eigenvalue weighted by Gasteiger charge is -2.41. The van der Waals surface area contributed by atoms with Gasteiger partial charge in [-0.15, -0.1) is 0 Å². The van der Waals surface area contributed by atoms with Crippen molar-refractivity contribution in [2.45, 2.75) is 57.9 Å². The van der Waals surface area contributed by atoms with Crippen molar-refractivity contribution >= 4 is 29.0 Å². The predicted octanol–water partition coefficient (Wildman–Crippen LogP) is 5.85. The number of hydrogen-bond donors (Lipinski definition) is 0. The summed E-state index contributed by atoms with van der Waals surface area (Å²) in [6.07, 6.45) is -1.37. The second-order valence-electron chi connectivity index (χ2n) is 9.54. The number of benzene rings is 2. The van der Waals surface area contributed by atoms with Gasteiger partial charge < -0.3 is 9.47 Å². The molecule has 0 radical (unpaired) electrons. The molecule has 0 aromatic heterocycles. The fourth-order valence-corrected chi connectivity index (χ4v) is 3.96. The molecule has 14 heteroatoms. The molecule has 0 N–H and O–H groups in total. The number of esters is 1. The topological polar surface area (TPSA) is 85.4 Å². The van der Waals surface area contributed by atoms with Gasteiger partial charge in [0.25, 0.3) is 0 Å². The first kappa shape index (κ1) is 30.1. The molecule has 0 saturated carbocycles. The molecule has 1 saturated heterocycles. The van der Waals surface area contributed by atoms with Crippen LogP contribution in [-0.4, -0.2) is 51.6 Å². The van der Waals surface area contributed by atoms with Gasteiger partial charge in [0.05, 0.1) is 6.04 Å². The summed E-state index contributed by atoms with van der Waals surface area (Å²) in [5.74, 6) is -15.1. The number of nitrogens with zero attached hydrogens (tertiary/aromatic N) is 2. The van der Waals surface area contributed by atoms with Crippen molar-refractivity contribution in [2.24, 2.45) is 0 Å². The van der Waals surface area contributed by atoms with Gasteiger partial charge in [-0.25, -0.2) is 27.8 Å². The number of hydroxylamine groups is 2. The van der Waals surface area contributed by atoms with Crippen molar-refractivity contribution in [3.05, 3.63) is 65.0 Å². The van der Waals surface area contributed by atoms with Crippen LogP contribution < -0.4 is 4.74 Å². The first-order valence-corrected chi connectivity index (χ1v) is 12.0. The van der Waals surface area contributed by atoms with E-state index in [0.717, 1.165) is 9.96 Å². The minimum Gasteiger partial charge on any atom is -0.444 e. The third-order valence-electron chi connectivity index (χ3n) is 5.55. The van der Waals surface area contributed by atoms with E-state index in [4.69, 9.17) is 21.2 Å². The second-order valence-corrected chi connectivity index (χ2v) is 9.86.